The predicted octanol–water partition coefficient (Wildman–Crippen LogP) is 3.76. The number of nitrogens with one attached hydrogen (secondary N) is 1. The van der Waals surface area contributed by atoms with E-state index in [9.17, 15) is 14.0 Å². The zero-order chi connectivity index (χ0) is 22.3. The number of rotatable bonds is 7. The molecular weight excluding hydrogens is 405 g/mol. The molecule has 1 N–H and O–H groups in total. The third-order valence-electron chi connectivity index (χ3n) is 5.69. The van der Waals surface area contributed by atoms with Crippen LogP contribution in [-0.4, -0.2) is 49.3 Å². The van der Waals surface area contributed by atoms with Gasteiger partial charge in [0.05, 0.1) is 12.2 Å². The number of amides is 1. The minimum Gasteiger partial charge on any atom is -0.367 e. The molecule has 4 rings (SSSR count). The molecule has 1 aliphatic rings. The average Bonchev–Trinajstić information content (AvgIpc) is 2.84. The molecule has 1 heterocycles. The van der Waals surface area contributed by atoms with Gasteiger partial charge in [0.25, 0.3) is 5.91 Å². The normalized spacial score (nSPS) is 14.2. The first kappa shape index (κ1) is 21.7. The molecule has 1 fully saturated rings. The van der Waals surface area contributed by atoms with Gasteiger partial charge in [0, 0.05) is 43.9 Å². The Balaban J connectivity index is 1.25. The summed E-state index contributed by atoms with van der Waals surface area (Å²) in [4.78, 5) is 28.9. The Morgan fingerprint density at radius 3 is 2.12 bits per heavy atom. The van der Waals surface area contributed by atoms with Crippen LogP contribution in [0.3, 0.4) is 0 Å². The minimum absolute atomic E-state index is 0.0309. The fraction of sp³-hybridized carbons (Fsp3) is 0.231. The number of anilines is 1. The summed E-state index contributed by atoms with van der Waals surface area (Å²) in [5.74, 6) is -0.565. The summed E-state index contributed by atoms with van der Waals surface area (Å²) >= 11 is 0. The monoisotopic (exact) mass is 431 g/mol. The van der Waals surface area contributed by atoms with E-state index in [1.165, 1.54) is 6.07 Å². The van der Waals surface area contributed by atoms with Gasteiger partial charge in [-0.25, -0.2) is 4.39 Å². The van der Waals surface area contributed by atoms with E-state index in [4.69, 9.17) is 0 Å². The lowest BCUT2D eigenvalue weighted by atomic mass is 10.1. The molecule has 5 nitrogen and oxygen atoms in total. The molecule has 0 aliphatic carbocycles. The molecule has 1 amide bonds. The van der Waals surface area contributed by atoms with E-state index in [0.717, 1.165) is 38.3 Å². The Morgan fingerprint density at radius 1 is 0.781 bits per heavy atom. The van der Waals surface area contributed by atoms with Crippen LogP contribution in [0, 0.1) is 5.82 Å². The standard InChI is InChI=1S/C26H26FN3O2/c27-23-8-4-5-9-24(23)30-16-14-29(15-17-30)19-20-10-12-22(13-11-20)26(32)28-18-25(31)21-6-2-1-3-7-21/h1-13H,14-19H2,(H,28,32). The highest BCUT2D eigenvalue weighted by molar-refractivity contribution is 6.02. The van der Waals surface area contributed by atoms with Gasteiger partial charge in [0.2, 0.25) is 0 Å². The quantitative estimate of drug-likeness (QED) is 0.579. The maximum Gasteiger partial charge on any atom is 0.251 e. The highest BCUT2D eigenvalue weighted by atomic mass is 19.1. The molecular formula is C26H26FN3O2. The van der Waals surface area contributed by atoms with Crippen LogP contribution in [0.4, 0.5) is 10.1 Å². The summed E-state index contributed by atoms with van der Waals surface area (Å²) in [6.45, 7) is 3.99. The maximum atomic E-state index is 14.0. The fourth-order valence-corrected chi connectivity index (χ4v) is 3.86. The van der Waals surface area contributed by atoms with Crippen molar-refractivity contribution in [3.05, 3.63) is 101 Å². The van der Waals surface area contributed by atoms with E-state index < -0.39 is 0 Å². The number of ketones is 1. The van der Waals surface area contributed by atoms with Crippen LogP contribution in [0.15, 0.2) is 78.9 Å². The molecule has 0 atom stereocenters. The van der Waals surface area contributed by atoms with Gasteiger partial charge in [-0.1, -0.05) is 54.6 Å². The minimum atomic E-state index is -0.265. The summed E-state index contributed by atoms with van der Waals surface area (Å²) in [6.07, 6.45) is 0. The van der Waals surface area contributed by atoms with E-state index in [1.807, 2.05) is 30.3 Å². The lowest BCUT2D eigenvalue weighted by Crippen LogP contribution is -2.46. The number of hydrogen-bond donors (Lipinski definition) is 1. The summed E-state index contributed by atoms with van der Waals surface area (Å²) in [5.41, 5.74) is 2.88. The molecule has 0 spiro atoms. The fourth-order valence-electron chi connectivity index (χ4n) is 3.86. The Bertz CT molecular complexity index is 1060. The number of hydrogen-bond acceptors (Lipinski definition) is 4. The van der Waals surface area contributed by atoms with Crippen LogP contribution in [0.5, 0.6) is 0 Å². The highest BCUT2D eigenvalue weighted by Crippen LogP contribution is 2.20. The van der Waals surface area contributed by atoms with Crippen molar-refractivity contribution in [3.8, 4) is 0 Å². The third kappa shape index (κ3) is 5.39. The second-order valence-electron chi connectivity index (χ2n) is 7.88. The summed E-state index contributed by atoms with van der Waals surface area (Å²) in [5, 5.41) is 2.69. The van der Waals surface area contributed by atoms with Gasteiger partial charge in [-0.2, -0.15) is 0 Å². The number of carbonyl (C=O) groups excluding carboxylic acids is 2. The van der Waals surface area contributed by atoms with Gasteiger partial charge in [-0.05, 0) is 29.8 Å². The van der Waals surface area contributed by atoms with Crippen molar-refractivity contribution >= 4 is 17.4 Å². The van der Waals surface area contributed by atoms with Gasteiger partial charge in [-0.3, -0.25) is 14.5 Å². The molecule has 1 aliphatic heterocycles. The molecule has 1 saturated heterocycles. The number of benzene rings is 3. The lowest BCUT2D eigenvalue weighted by molar-refractivity contribution is 0.0904. The van der Waals surface area contributed by atoms with Gasteiger partial charge >= 0.3 is 0 Å². The van der Waals surface area contributed by atoms with Crippen molar-refractivity contribution in [3.63, 3.8) is 0 Å². The van der Waals surface area contributed by atoms with Crippen molar-refractivity contribution in [2.24, 2.45) is 0 Å². The van der Waals surface area contributed by atoms with Crippen molar-refractivity contribution in [2.75, 3.05) is 37.6 Å². The van der Waals surface area contributed by atoms with E-state index in [1.54, 1.807) is 42.5 Å². The molecule has 0 saturated carbocycles. The Labute approximate surface area is 187 Å². The molecule has 6 heteroatoms. The van der Waals surface area contributed by atoms with Crippen molar-refractivity contribution < 1.29 is 14.0 Å². The smallest absolute Gasteiger partial charge is 0.251 e. The summed E-state index contributed by atoms with van der Waals surface area (Å²) in [7, 11) is 0. The van der Waals surface area contributed by atoms with Crippen LogP contribution in [0.1, 0.15) is 26.3 Å². The van der Waals surface area contributed by atoms with E-state index in [0.29, 0.717) is 16.8 Å². The molecule has 0 aromatic heterocycles. The van der Waals surface area contributed by atoms with Crippen molar-refractivity contribution in [1.29, 1.82) is 0 Å². The maximum absolute atomic E-state index is 14.0. The number of nitrogens with zero attached hydrogens (tertiary/aromatic N) is 2. The van der Waals surface area contributed by atoms with Crippen molar-refractivity contribution in [1.82, 2.24) is 10.2 Å². The van der Waals surface area contributed by atoms with Crippen molar-refractivity contribution in [2.45, 2.75) is 6.54 Å². The van der Waals surface area contributed by atoms with Gasteiger partial charge in [0.15, 0.2) is 5.78 Å². The highest BCUT2D eigenvalue weighted by Gasteiger charge is 2.19. The number of halogens is 1. The number of carbonyl (C=O) groups is 2. The van der Waals surface area contributed by atoms with E-state index in [2.05, 4.69) is 15.1 Å². The van der Waals surface area contributed by atoms with Crippen LogP contribution < -0.4 is 10.2 Å². The molecule has 0 radical (unpaired) electrons. The number of para-hydroxylation sites is 1. The number of Topliss-reactive ketones (excluding diaryl/α,β-unsaturated/α-hetero) is 1. The molecule has 3 aromatic rings. The van der Waals surface area contributed by atoms with E-state index in [-0.39, 0.29) is 24.1 Å². The van der Waals surface area contributed by atoms with Crippen LogP contribution in [0.2, 0.25) is 0 Å². The van der Waals surface area contributed by atoms with E-state index >= 15 is 0 Å². The average molecular weight is 432 g/mol. The zero-order valence-corrected chi connectivity index (χ0v) is 17.8. The lowest BCUT2D eigenvalue weighted by Gasteiger charge is -2.36. The third-order valence-corrected chi connectivity index (χ3v) is 5.69. The van der Waals surface area contributed by atoms with Gasteiger partial charge in [-0.15, -0.1) is 0 Å². The first-order valence-electron chi connectivity index (χ1n) is 10.8. The zero-order valence-electron chi connectivity index (χ0n) is 17.8. The van der Waals surface area contributed by atoms with Crippen LogP contribution in [-0.2, 0) is 6.54 Å². The van der Waals surface area contributed by atoms with Gasteiger partial charge in [0.1, 0.15) is 5.82 Å². The predicted molar refractivity (Wildman–Crippen MR) is 123 cm³/mol. The molecule has 0 unspecified atom stereocenters. The first-order chi connectivity index (χ1) is 15.6. The molecule has 3 aromatic carbocycles. The Hall–Kier alpha value is -3.51. The van der Waals surface area contributed by atoms with Gasteiger partial charge < -0.3 is 10.2 Å². The SMILES string of the molecule is O=C(CNC(=O)c1ccc(CN2CCN(c3ccccc3F)CC2)cc1)c1ccccc1. The second kappa shape index (κ2) is 10.2. The van der Waals surface area contributed by atoms with Crippen LogP contribution >= 0.6 is 0 Å². The molecule has 164 valence electrons. The molecule has 32 heavy (non-hydrogen) atoms. The topological polar surface area (TPSA) is 52.7 Å². The molecule has 0 bridgehead atoms. The summed E-state index contributed by atoms with van der Waals surface area (Å²) < 4.78 is 14.0. The largest absolute Gasteiger partial charge is 0.367 e. The summed E-state index contributed by atoms with van der Waals surface area (Å²) in [6, 6.07) is 23.3. The Morgan fingerprint density at radius 2 is 1.44 bits per heavy atom. The first-order valence-corrected chi connectivity index (χ1v) is 10.8. The van der Waals surface area contributed by atoms with Crippen LogP contribution in [0.25, 0.3) is 0 Å². The number of piperazine rings is 1. The Kier molecular flexibility index (Phi) is 6.92. The second-order valence-corrected chi connectivity index (χ2v) is 7.88.